The molecule has 0 aromatic heterocycles. The number of anilines is 1. The van der Waals surface area contributed by atoms with Gasteiger partial charge in [0.2, 0.25) is 0 Å². The van der Waals surface area contributed by atoms with Gasteiger partial charge in [-0.2, -0.15) is 5.26 Å². The fourth-order valence-corrected chi connectivity index (χ4v) is 1.27. The number of amides is 1. The van der Waals surface area contributed by atoms with Gasteiger partial charge in [-0.15, -0.1) is 0 Å². The van der Waals surface area contributed by atoms with Crippen LogP contribution in [0.25, 0.3) is 0 Å². The van der Waals surface area contributed by atoms with E-state index in [9.17, 15) is 4.79 Å². The van der Waals surface area contributed by atoms with Gasteiger partial charge in [0.05, 0.1) is 12.5 Å². The van der Waals surface area contributed by atoms with E-state index in [0.29, 0.717) is 12.2 Å². The lowest BCUT2D eigenvalue weighted by molar-refractivity contribution is 0.264. The number of hydrogen-bond donors (Lipinski definition) is 0. The molecule has 0 heterocycles. The van der Waals surface area contributed by atoms with Crippen molar-refractivity contribution in [1.82, 2.24) is 0 Å². The summed E-state index contributed by atoms with van der Waals surface area (Å²) in [6.45, 7) is 0.322. The van der Waals surface area contributed by atoms with Crippen molar-refractivity contribution in [2.45, 2.75) is 6.42 Å². The number of rotatable bonds is 3. The average Bonchev–Trinajstić information content (AvgIpc) is 2.19. The van der Waals surface area contributed by atoms with Crippen molar-refractivity contribution in [3.63, 3.8) is 0 Å². The van der Waals surface area contributed by atoms with E-state index in [4.69, 9.17) is 16.9 Å². The molecule has 72 valence electrons. The first-order valence-electron chi connectivity index (χ1n) is 4.14. The minimum atomic E-state index is -0.563. The zero-order valence-electron chi connectivity index (χ0n) is 7.48. The van der Waals surface area contributed by atoms with Crippen LogP contribution in [0.1, 0.15) is 6.42 Å². The van der Waals surface area contributed by atoms with Crippen LogP contribution in [0.2, 0.25) is 0 Å². The first kappa shape index (κ1) is 10.6. The summed E-state index contributed by atoms with van der Waals surface area (Å²) in [5.74, 6) is 0. The largest absolute Gasteiger partial charge is 0.320 e. The van der Waals surface area contributed by atoms with Gasteiger partial charge in [-0.1, -0.05) is 18.2 Å². The number of nitriles is 1. The van der Waals surface area contributed by atoms with Gasteiger partial charge in [0, 0.05) is 12.2 Å². The predicted octanol–water partition coefficient (Wildman–Crippen LogP) is 2.77. The third-order valence-electron chi connectivity index (χ3n) is 1.73. The third kappa shape index (κ3) is 2.75. The van der Waals surface area contributed by atoms with E-state index >= 15 is 0 Å². The molecular weight excluding hydrogens is 200 g/mol. The molecule has 0 atom stereocenters. The number of carbonyl (C=O) groups is 1. The number of carbonyl (C=O) groups excluding carboxylic acids is 1. The first-order chi connectivity index (χ1) is 6.75. The lowest BCUT2D eigenvalue weighted by atomic mass is 10.3. The van der Waals surface area contributed by atoms with Gasteiger partial charge in [0.1, 0.15) is 0 Å². The lowest BCUT2D eigenvalue weighted by Crippen LogP contribution is -2.26. The van der Waals surface area contributed by atoms with Crippen LogP contribution >= 0.6 is 11.6 Å². The van der Waals surface area contributed by atoms with Gasteiger partial charge in [0.15, 0.2) is 0 Å². The molecule has 0 radical (unpaired) electrons. The second-order valence-corrected chi connectivity index (χ2v) is 2.97. The normalized spacial score (nSPS) is 9.14. The van der Waals surface area contributed by atoms with E-state index in [0.717, 1.165) is 0 Å². The molecule has 1 rings (SSSR count). The Bertz CT molecular complexity index is 345. The fraction of sp³-hybridized carbons (Fsp3) is 0.200. The van der Waals surface area contributed by atoms with E-state index in [1.54, 1.807) is 12.1 Å². The van der Waals surface area contributed by atoms with Crippen molar-refractivity contribution in [1.29, 1.82) is 5.26 Å². The molecule has 0 aliphatic rings. The second-order valence-electron chi connectivity index (χ2n) is 2.65. The molecule has 3 nitrogen and oxygen atoms in total. The molecule has 14 heavy (non-hydrogen) atoms. The SMILES string of the molecule is N#CCCN(C(=O)Cl)c1ccccc1. The number of halogens is 1. The maximum Gasteiger partial charge on any atom is 0.320 e. The average molecular weight is 209 g/mol. The summed E-state index contributed by atoms with van der Waals surface area (Å²) in [6.07, 6.45) is 0.271. The summed E-state index contributed by atoms with van der Waals surface area (Å²) in [6, 6.07) is 11.0. The Morgan fingerprint density at radius 2 is 2.07 bits per heavy atom. The molecule has 0 fully saturated rings. The smallest absolute Gasteiger partial charge is 0.298 e. The Kier molecular flexibility index (Phi) is 3.96. The maximum absolute atomic E-state index is 11.0. The summed E-state index contributed by atoms with van der Waals surface area (Å²) < 4.78 is 0. The quantitative estimate of drug-likeness (QED) is 0.566. The van der Waals surface area contributed by atoms with Crippen molar-refractivity contribution < 1.29 is 4.79 Å². The van der Waals surface area contributed by atoms with E-state index in [-0.39, 0.29) is 6.42 Å². The summed E-state index contributed by atoms with van der Waals surface area (Å²) in [5, 5.41) is 7.85. The van der Waals surface area contributed by atoms with Gasteiger partial charge < -0.3 is 0 Å². The molecule has 4 heteroatoms. The number of benzene rings is 1. The van der Waals surface area contributed by atoms with Crippen LogP contribution in [-0.4, -0.2) is 11.9 Å². The van der Waals surface area contributed by atoms with Gasteiger partial charge in [-0.3, -0.25) is 9.69 Å². The Hall–Kier alpha value is -1.53. The highest BCUT2D eigenvalue weighted by molar-refractivity contribution is 6.66. The van der Waals surface area contributed by atoms with E-state index in [2.05, 4.69) is 0 Å². The van der Waals surface area contributed by atoms with Gasteiger partial charge in [-0.05, 0) is 23.7 Å². The zero-order valence-corrected chi connectivity index (χ0v) is 8.24. The Balaban J connectivity index is 2.79. The van der Waals surface area contributed by atoms with Gasteiger partial charge >= 0.3 is 5.37 Å². The fourth-order valence-electron chi connectivity index (χ4n) is 1.09. The molecule has 0 bridgehead atoms. The minimum Gasteiger partial charge on any atom is -0.298 e. The van der Waals surface area contributed by atoms with Crippen LogP contribution in [0.4, 0.5) is 10.5 Å². The molecule has 0 N–H and O–H groups in total. The zero-order chi connectivity index (χ0) is 10.4. The molecule has 0 unspecified atom stereocenters. The highest BCUT2D eigenvalue weighted by Crippen LogP contribution is 2.15. The van der Waals surface area contributed by atoms with Crippen LogP contribution < -0.4 is 4.90 Å². The summed E-state index contributed by atoms with van der Waals surface area (Å²) >= 11 is 5.39. The molecule has 0 aliphatic carbocycles. The summed E-state index contributed by atoms with van der Waals surface area (Å²) in [5.41, 5.74) is 0.711. The Morgan fingerprint density at radius 1 is 1.43 bits per heavy atom. The lowest BCUT2D eigenvalue weighted by Gasteiger charge is -2.17. The topological polar surface area (TPSA) is 44.1 Å². The van der Waals surface area contributed by atoms with Crippen LogP contribution in [-0.2, 0) is 0 Å². The standard InChI is InChI=1S/C10H9ClN2O/c11-10(14)13(8-4-7-12)9-5-2-1-3-6-9/h1-3,5-6H,4,8H2. The summed E-state index contributed by atoms with van der Waals surface area (Å²) in [4.78, 5) is 12.4. The molecule has 0 aliphatic heterocycles. The van der Waals surface area contributed by atoms with Gasteiger partial charge in [-0.25, -0.2) is 0 Å². The van der Waals surface area contributed by atoms with Crippen LogP contribution in [0.3, 0.4) is 0 Å². The van der Waals surface area contributed by atoms with E-state index < -0.39 is 5.37 Å². The van der Waals surface area contributed by atoms with E-state index in [1.807, 2.05) is 24.3 Å². The molecule has 0 saturated heterocycles. The van der Waals surface area contributed by atoms with Crippen LogP contribution in [0.5, 0.6) is 0 Å². The van der Waals surface area contributed by atoms with Crippen LogP contribution in [0.15, 0.2) is 30.3 Å². The number of hydrogen-bond acceptors (Lipinski definition) is 2. The van der Waals surface area contributed by atoms with Crippen molar-refractivity contribution in [3.8, 4) is 6.07 Å². The van der Waals surface area contributed by atoms with Crippen molar-refractivity contribution in [3.05, 3.63) is 30.3 Å². The van der Waals surface area contributed by atoms with Crippen LogP contribution in [0, 0.1) is 11.3 Å². The monoisotopic (exact) mass is 208 g/mol. The number of nitrogens with zero attached hydrogens (tertiary/aromatic N) is 2. The van der Waals surface area contributed by atoms with Crippen molar-refractivity contribution >= 4 is 22.7 Å². The second kappa shape index (κ2) is 5.25. The predicted molar refractivity (Wildman–Crippen MR) is 55.3 cm³/mol. The molecule has 1 aromatic rings. The van der Waals surface area contributed by atoms with Crippen molar-refractivity contribution in [2.75, 3.05) is 11.4 Å². The van der Waals surface area contributed by atoms with Gasteiger partial charge in [0.25, 0.3) is 0 Å². The van der Waals surface area contributed by atoms with E-state index in [1.165, 1.54) is 4.90 Å². The van der Waals surface area contributed by atoms with Crippen molar-refractivity contribution in [2.24, 2.45) is 0 Å². The summed E-state index contributed by atoms with van der Waals surface area (Å²) in [7, 11) is 0. The molecular formula is C10H9ClN2O. The minimum absolute atomic E-state index is 0.271. The molecule has 0 saturated carbocycles. The highest BCUT2D eigenvalue weighted by atomic mass is 35.5. The Morgan fingerprint density at radius 3 is 2.57 bits per heavy atom. The maximum atomic E-state index is 11.0. The number of para-hydroxylation sites is 1. The first-order valence-corrected chi connectivity index (χ1v) is 4.52. The third-order valence-corrected chi connectivity index (χ3v) is 1.93. The molecule has 1 amide bonds. The Labute approximate surface area is 87.5 Å². The highest BCUT2D eigenvalue weighted by Gasteiger charge is 2.11. The molecule has 1 aromatic carbocycles. The molecule has 0 spiro atoms.